The van der Waals surface area contributed by atoms with Crippen LogP contribution < -0.4 is 4.90 Å². The Kier molecular flexibility index (Phi) is 6.56. The van der Waals surface area contributed by atoms with Crippen molar-refractivity contribution in [2.24, 2.45) is 0 Å². The number of hydrogen-bond donors (Lipinski definition) is 0. The van der Waals surface area contributed by atoms with Crippen molar-refractivity contribution >= 4 is 105 Å². The summed E-state index contributed by atoms with van der Waals surface area (Å²) in [6.07, 6.45) is 0. The highest BCUT2D eigenvalue weighted by molar-refractivity contribution is 6.12. The number of para-hydroxylation sites is 5. The molecule has 8 aromatic carbocycles. The van der Waals surface area contributed by atoms with Crippen LogP contribution in [0.5, 0.6) is 0 Å². The predicted octanol–water partition coefficient (Wildman–Crippen LogP) is 14.3. The molecule has 276 valence electrons. The Labute approximate surface area is 334 Å². The third kappa shape index (κ3) is 4.87. The van der Waals surface area contributed by atoms with Crippen molar-refractivity contribution in [3.63, 3.8) is 0 Å². The van der Waals surface area contributed by atoms with Crippen LogP contribution in [0, 0.1) is 0 Å². The zero-order valence-corrected chi connectivity index (χ0v) is 31.1. The van der Waals surface area contributed by atoms with Gasteiger partial charge in [-0.25, -0.2) is 4.98 Å². The van der Waals surface area contributed by atoms with E-state index in [0.29, 0.717) is 23.2 Å². The molecule has 0 fully saturated rings. The van der Waals surface area contributed by atoms with Crippen LogP contribution in [-0.2, 0) is 0 Å². The second-order valence-electron chi connectivity index (χ2n) is 14.8. The molecular formula is C51H28N4O4. The lowest BCUT2D eigenvalue weighted by atomic mass is 10.1. The third-order valence-electron chi connectivity index (χ3n) is 11.3. The molecule has 0 radical (unpaired) electrons. The minimum Gasteiger partial charge on any atom is -0.456 e. The normalized spacial score (nSPS) is 12.1. The number of aromatic nitrogens is 3. The van der Waals surface area contributed by atoms with Crippen LogP contribution >= 0.6 is 0 Å². The van der Waals surface area contributed by atoms with Gasteiger partial charge in [-0.2, -0.15) is 9.97 Å². The van der Waals surface area contributed by atoms with Gasteiger partial charge in [0.2, 0.25) is 5.95 Å². The molecule has 59 heavy (non-hydrogen) atoms. The van der Waals surface area contributed by atoms with Gasteiger partial charge in [-0.15, -0.1) is 0 Å². The lowest BCUT2D eigenvalue weighted by Gasteiger charge is -2.24. The first-order chi connectivity index (χ1) is 29.2. The SMILES string of the molecule is c1ccc2c(c1)oc1cc(-c3nc(-c4ccc5oc6ccccc6c5c4)nc(N(c4ccc5oc6ccccc6c5c4)c4cccc5c4oc4ccccc45)n3)ccc12. The lowest BCUT2D eigenvalue weighted by molar-refractivity contribution is 0.668. The van der Waals surface area contributed by atoms with Gasteiger partial charge in [0, 0.05) is 54.2 Å². The van der Waals surface area contributed by atoms with Gasteiger partial charge >= 0.3 is 0 Å². The molecule has 13 aromatic rings. The van der Waals surface area contributed by atoms with Gasteiger partial charge in [-0.3, -0.25) is 4.90 Å². The maximum absolute atomic E-state index is 6.68. The summed E-state index contributed by atoms with van der Waals surface area (Å²) in [7, 11) is 0. The summed E-state index contributed by atoms with van der Waals surface area (Å²) in [4.78, 5) is 17.9. The molecule has 0 bridgehead atoms. The Morgan fingerprint density at radius 3 is 1.47 bits per heavy atom. The van der Waals surface area contributed by atoms with Crippen LogP contribution in [-0.4, -0.2) is 15.0 Å². The Hall–Kier alpha value is -8.23. The van der Waals surface area contributed by atoms with Gasteiger partial charge in [0.25, 0.3) is 0 Å². The number of rotatable bonds is 5. The van der Waals surface area contributed by atoms with Crippen molar-refractivity contribution in [1.82, 2.24) is 15.0 Å². The van der Waals surface area contributed by atoms with Crippen molar-refractivity contribution in [3.8, 4) is 22.8 Å². The average Bonchev–Trinajstić information content (AvgIpc) is 4.06. The molecule has 0 aliphatic rings. The highest BCUT2D eigenvalue weighted by Crippen LogP contribution is 2.44. The smallest absolute Gasteiger partial charge is 0.238 e. The zero-order chi connectivity index (χ0) is 38.6. The van der Waals surface area contributed by atoms with E-state index >= 15 is 0 Å². The van der Waals surface area contributed by atoms with Gasteiger partial charge in [0.15, 0.2) is 17.2 Å². The summed E-state index contributed by atoms with van der Waals surface area (Å²) < 4.78 is 25.5. The maximum Gasteiger partial charge on any atom is 0.238 e. The van der Waals surface area contributed by atoms with E-state index < -0.39 is 0 Å². The van der Waals surface area contributed by atoms with E-state index in [1.54, 1.807) is 0 Å². The van der Waals surface area contributed by atoms with Crippen LogP contribution in [0.3, 0.4) is 0 Å². The van der Waals surface area contributed by atoms with Gasteiger partial charge in [0.1, 0.15) is 39.1 Å². The first-order valence-corrected chi connectivity index (χ1v) is 19.4. The summed E-state index contributed by atoms with van der Waals surface area (Å²) in [6, 6.07) is 56.9. The quantitative estimate of drug-likeness (QED) is 0.171. The number of furan rings is 4. The van der Waals surface area contributed by atoms with Crippen molar-refractivity contribution < 1.29 is 17.7 Å². The number of anilines is 3. The summed E-state index contributed by atoms with van der Waals surface area (Å²) in [5.74, 6) is 1.39. The van der Waals surface area contributed by atoms with Crippen LogP contribution in [0.4, 0.5) is 17.3 Å². The highest BCUT2D eigenvalue weighted by atomic mass is 16.3. The van der Waals surface area contributed by atoms with Crippen LogP contribution in [0.1, 0.15) is 0 Å². The maximum atomic E-state index is 6.68. The monoisotopic (exact) mass is 760 g/mol. The molecule has 8 nitrogen and oxygen atoms in total. The Balaban J connectivity index is 1.10. The first kappa shape index (κ1) is 31.9. The van der Waals surface area contributed by atoms with Crippen LogP contribution in [0.15, 0.2) is 188 Å². The van der Waals surface area contributed by atoms with E-state index in [0.717, 1.165) is 105 Å². The lowest BCUT2D eigenvalue weighted by Crippen LogP contribution is -2.15. The second-order valence-corrected chi connectivity index (χ2v) is 14.8. The molecule has 0 aliphatic heterocycles. The minimum atomic E-state index is 0.409. The van der Waals surface area contributed by atoms with Crippen molar-refractivity contribution in [2.75, 3.05) is 4.90 Å². The fourth-order valence-corrected chi connectivity index (χ4v) is 8.58. The van der Waals surface area contributed by atoms with E-state index in [-0.39, 0.29) is 0 Å². The molecule has 0 atom stereocenters. The summed E-state index contributed by atoms with van der Waals surface area (Å²) >= 11 is 0. The van der Waals surface area contributed by atoms with E-state index in [4.69, 9.17) is 32.6 Å². The Morgan fingerprint density at radius 2 is 0.797 bits per heavy atom. The van der Waals surface area contributed by atoms with E-state index in [1.807, 2.05) is 109 Å². The first-order valence-electron chi connectivity index (χ1n) is 19.4. The summed E-state index contributed by atoms with van der Waals surface area (Å²) in [6.45, 7) is 0. The molecule has 0 spiro atoms. The fraction of sp³-hybridized carbons (Fsp3) is 0. The second kappa shape index (κ2) is 12.1. The molecule has 0 N–H and O–H groups in total. The van der Waals surface area contributed by atoms with Crippen molar-refractivity contribution in [3.05, 3.63) is 170 Å². The number of fused-ring (bicyclic) bond motifs is 12. The molecule has 0 saturated heterocycles. The number of nitrogens with zero attached hydrogens (tertiary/aromatic N) is 4. The number of hydrogen-bond acceptors (Lipinski definition) is 8. The molecular weight excluding hydrogens is 733 g/mol. The minimum absolute atomic E-state index is 0.409. The third-order valence-corrected chi connectivity index (χ3v) is 11.3. The molecule has 8 heteroatoms. The molecule has 0 amide bonds. The topological polar surface area (TPSA) is 94.5 Å². The zero-order valence-electron chi connectivity index (χ0n) is 31.1. The molecule has 5 aromatic heterocycles. The predicted molar refractivity (Wildman–Crippen MR) is 234 cm³/mol. The standard InChI is InChI=1S/C51H28N4O4/c1-5-16-41-32(10-1)36-23-20-30(27-47(36)58-41)50-52-49(29-21-24-45-38(26-29)34-12-3-6-17-42(34)56-45)53-51(54-50)55(31-22-25-46-39(28-31)35-13-4-7-18-43(35)57-46)40-15-9-14-37-33-11-2-8-19-44(33)59-48(37)40/h1-28H. The molecule has 5 heterocycles. The van der Waals surface area contributed by atoms with Gasteiger partial charge in [-0.05, 0) is 78.9 Å². The average molecular weight is 761 g/mol. The van der Waals surface area contributed by atoms with E-state index in [2.05, 4.69) is 65.6 Å². The summed E-state index contributed by atoms with van der Waals surface area (Å²) in [5.41, 5.74) is 9.50. The van der Waals surface area contributed by atoms with Crippen LogP contribution in [0.25, 0.3) is 111 Å². The molecule has 0 unspecified atom stereocenters. The highest BCUT2D eigenvalue weighted by Gasteiger charge is 2.25. The van der Waals surface area contributed by atoms with E-state index in [1.165, 1.54) is 0 Å². The Bertz CT molecular complexity index is 3830. The Morgan fingerprint density at radius 1 is 0.322 bits per heavy atom. The molecule has 0 aliphatic carbocycles. The number of benzene rings is 8. The van der Waals surface area contributed by atoms with Crippen molar-refractivity contribution in [2.45, 2.75) is 0 Å². The van der Waals surface area contributed by atoms with Crippen LogP contribution in [0.2, 0.25) is 0 Å². The van der Waals surface area contributed by atoms with E-state index in [9.17, 15) is 0 Å². The van der Waals surface area contributed by atoms with Gasteiger partial charge in [-0.1, -0.05) is 91.0 Å². The van der Waals surface area contributed by atoms with Gasteiger partial charge < -0.3 is 17.7 Å². The largest absolute Gasteiger partial charge is 0.456 e. The van der Waals surface area contributed by atoms with Crippen molar-refractivity contribution in [1.29, 1.82) is 0 Å². The summed E-state index contributed by atoms with van der Waals surface area (Å²) in [5, 5.41) is 8.08. The molecule has 0 saturated carbocycles. The fourth-order valence-electron chi connectivity index (χ4n) is 8.58. The molecule has 13 rings (SSSR count). The van der Waals surface area contributed by atoms with Gasteiger partial charge in [0.05, 0.1) is 11.4 Å².